The fraction of sp³-hybridized carbons (Fsp3) is 0.0833. The fourth-order valence-electron chi connectivity index (χ4n) is 1.53. The van der Waals surface area contributed by atoms with Crippen LogP contribution >= 0.6 is 31.9 Å². The van der Waals surface area contributed by atoms with E-state index >= 15 is 0 Å². The van der Waals surface area contributed by atoms with Gasteiger partial charge in [-0.1, -0.05) is 74.3 Å². The average Bonchev–Trinajstić information content (AvgIpc) is 2.18. The van der Waals surface area contributed by atoms with E-state index < -0.39 is 0 Å². The van der Waals surface area contributed by atoms with Crippen molar-refractivity contribution in [2.75, 3.05) is 0 Å². The number of hydrogen-bond donors (Lipinski definition) is 0. The lowest BCUT2D eigenvalue weighted by Gasteiger charge is -2.06. The molecule has 0 nitrogen and oxygen atoms in total. The SMILES string of the molecule is BrC(Br)[CH]c1cccc2ccccc12. The van der Waals surface area contributed by atoms with E-state index in [4.69, 9.17) is 0 Å². The minimum absolute atomic E-state index is 0.223. The molecule has 0 aliphatic heterocycles. The minimum atomic E-state index is 0.223. The molecule has 0 amide bonds. The van der Waals surface area contributed by atoms with Crippen molar-refractivity contribution in [3.8, 4) is 0 Å². The third kappa shape index (κ3) is 2.18. The predicted octanol–water partition coefficient (Wildman–Crippen LogP) is 4.51. The van der Waals surface area contributed by atoms with Gasteiger partial charge in [0.15, 0.2) is 0 Å². The number of alkyl halides is 2. The van der Waals surface area contributed by atoms with E-state index in [0.717, 1.165) is 0 Å². The maximum absolute atomic E-state index is 3.46. The Balaban J connectivity index is 2.53. The van der Waals surface area contributed by atoms with Gasteiger partial charge in [-0.15, -0.1) is 0 Å². The summed E-state index contributed by atoms with van der Waals surface area (Å²) in [5, 5.41) is 2.57. The topological polar surface area (TPSA) is 0 Å². The van der Waals surface area contributed by atoms with Gasteiger partial charge in [0.05, 0.1) is 3.74 Å². The summed E-state index contributed by atoms with van der Waals surface area (Å²) in [6.45, 7) is 0. The molecule has 2 heteroatoms. The second-order valence-corrected chi connectivity index (χ2v) is 6.27. The van der Waals surface area contributed by atoms with Crippen LogP contribution in [0.5, 0.6) is 0 Å². The van der Waals surface area contributed by atoms with Crippen molar-refractivity contribution in [2.45, 2.75) is 3.74 Å². The van der Waals surface area contributed by atoms with E-state index in [1.54, 1.807) is 0 Å². The lowest BCUT2D eigenvalue weighted by molar-refractivity contribution is 1.45. The van der Waals surface area contributed by atoms with Crippen LogP contribution in [0.1, 0.15) is 5.56 Å². The van der Waals surface area contributed by atoms with Crippen molar-refractivity contribution in [2.24, 2.45) is 0 Å². The summed E-state index contributed by atoms with van der Waals surface area (Å²) in [5.74, 6) is 0. The van der Waals surface area contributed by atoms with Gasteiger partial charge < -0.3 is 0 Å². The van der Waals surface area contributed by atoms with Gasteiger partial charge in [-0.2, -0.15) is 0 Å². The van der Waals surface area contributed by atoms with Gasteiger partial charge in [-0.3, -0.25) is 0 Å². The maximum Gasteiger partial charge on any atom is 0.0773 e. The summed E-state index contributed by atoms with van der Waals surface area (Å²) in [7, 11) is 0. The van der Waals surface area contributed by atoms with Crippen LogP contribution in [0.25, 0.3) is 10.8 Å². The summed E-state index contributed by atoms with van der Waals surface area (Å²) >= 11 is 6.92. The standard InChI is InChI=1S/C12H9Br2/c13-12(14)8-10-6-3-5-9-4-1-2-7-11(9)10/h1-8,12H. The average molecular weight is 313 g/mol. The lowest BCUT2D eigenvalue weighted by Crippen LogP contribution is -1.90. The predicted molar refractivity (Wildman–Crippen MR) is 69.0 cm³/mol. The molecule has 71 valence electrons. The molecule has 0 N–H and O–H groups in total. The Morgan fingerprint density at radius 3 is 2.43 bits per heavy atom. The zero-order valence-corrected chi connectivity index (χ0v) is 10.6. The molecule has 0 saturated carbocycles. The smallest absolute Gasteiger partial charge is 0.0758 e. The normalized spacial score (nSPS) is 11.1. The summed E-state index contributed by atoms with van der Waals surface area (Å²) in [5.41, 5.74) is 1.25. The Kier molecular flexibility index (Phi) is 3.24. The van der Waals surface area contributed by atoms with Gasteiger partial charge >= 0.3 is 0 Å². The van der Waals surface area contributed by atoms with Crippen LogP contribution in [0.15, 0.2) is 42.5 Å². The highest BCUT2D eigenvalue weighted by Crippen LogP contribution is 2.24. The Morgan fingerprint density at radius 2 is 1.64 bits per heavy atom. The fourth-order valence-corrected chi connectivity index (χ4v) is 2.10. The molecule has 0 saturated heterocycles. The molecular weight excluding hydrogens is 304 g/mol. The molecule has 1 radical (unpaired) electrons. The highest BCUT2D eigenvalue weighted by molar-refractivity contribution is 9.24. The molecule has 0 spiro atoms. The first kappa shape index (κ1) is 10.2. The van der Waals surface area contributed by atoms with Crippen LogP contribution in [0.4, 0.5) is 0 Å². The van der Waals surface area contributed by atoms with E-state index in [9.17, 15) is 0 Å². The quantitative estimate of drug-likeness (QED) is 0.716. The van der Waals surface area contributed by atoms with Crippen LogP contribution in [-0.2, 0) is 0 Å². The first-order valence-corrected chi connectivity index (χ1v) is 6.21. The van der Waals surface area contributed by atoms with Gasteiger partial charge in [-0.25, -0.2) is 0 Å². The van der Waals surface area contributed by atoms with Crippen molar-refractivity contribution >= 4 is 42.6 Å². The van der Waals surface area contributed by atoms with Crippen molar-refractivity contribution in [3.05, 3.63) is 54.4 Å². The minimum Gasteiger partial charge on any atom is -0.0758 e. The molecular formula is C12H9Br2. The van der Waals surface area contributed by atoms with Gasteiger partial charge in [0.2, 0.25) is 0 Å². The number of halogens is 2. The summed E-state index contributed by atoms with van der Waals surface area (Å²) in [6.07, 6.45) is 2.14. The van der Waals surface area contributed by atoms with Crippen LogP contribution in [0.2, 0.25) is 0 Å². The number of hydrogen-bond acceptors (Lipinski definition) is 0. The molecule has 0 aliphatic carbocycles. The molecule has 0 unspecified atom stereocenters. The number of benzene rings is 2. The first-order valence-electron chi connectivity index (χ1n) is 4.38. The van der Waals surface area contributed by atoms with Gasteiger partial charge in [0.1, 0.15) is 0 Å². The molecule has 0 fully saturated rings. The second kappa shape index (κ2) is 4.45. The van der Waals surface area contributed by atoms with E-state index in [-0.39, 0.29) is 3.74 Å². The first-order chi connectivity index (χ1) is 6.77. The lowest BCUT2D eigenvalue weighted by atomic mass is 10.0. The molecule has 0 bridgehead atoms. The molecule has 2 aromatic carbocycles. The van der Waals surface area contributed by atoms with E-state index in [0.29, 0.717) is 0 Å². The highest BCUT2D eigenvalue weighted by atomic mass is 79.9. The third-order valence-corrected chi connectivity index (χ3v) is 2.66. The van der Waals surface area contributed by atoms with E-state index in [1.165, 1.54) is 16.3 Å². The molecule has 0 heterocycles. The highest BCUT2D eigenvalue weighted by Gasteiger charge is 2.04. The van der Waals surface area contributed by atoms with Gasteiger partial charge in [-0.05, 0) is 16.3 Å². The molecule has 2 aromatic rings. The van der Waals surface area contributed by atoms with Crippen molar-refractivity contribution in [3.63, 3.8) is 0 Å². The van der Waals surface area contributed by atoms with Crippen molar-refractivity contribution in [1.82, 2.24) is 0 Å². The number of fused-ring (bicyclic) bond motifs is 1. The Morgan fingerprint density at radius 1 is 0.929 bits per heavy atom. The second-order valence-electron chi connectivity index (χ2n) is 3.07. The molecule has 0 atom stereocenters. The maximum atomic E-state index is 3.46. The van der Waals surface area contributed by atoms with Crippen molar-refractivity contribution in [1.29, 1.82) is 0 Å². The largest absolute Gasteiger partial charge is 0.0773 e. The molecule has 2 rings (SSSR count). The summed E-state index contributed by atoms with van der Waals surface area (Å²) < 4.78 is 0.223. The Labute approximate surface area is 101 Å². The van der Waals surface area contributed by atoms with Gasteiger partial charge in [0.25, 0.3) is 0 Å². The van der Waals surface area contributed by atoms with Gasteiger partial charge in [0, 0.05) is 6.42 Å². The number of rotatable bonds is 2. The summed E-state index contributed by atoms with van der Waals surface area (Å²) in [6, 6.07) is 14.7. The van der Waals surface area contributed by atoms with Crippen LogP contribution < -0.4 is 0 Å². The monoisotopic (exact) mass is 311 g/mol. The summed E-state index contributed by atoms with van der Waals surface area (Å²) in [4.78, 5) is 0. The molecule has 0 aromatic heterocycles. The molecule has 0 aliphatic rings. The Hall–Kier alpha value is -0.340. The third-order valence-electron chi connectivity index (χ3n) is 2.13. The van der Waals surface area contributed by atoms with Crippen molar-refractivity contribution < 1.29 is 0 Å². The Bertz CT molecular complexity index is 430. The zero-order valence-electron chi connectivity index (χ0n) is 7.45. The van der Waals surface area contributed by atoms with Crippen LogP contribution in [0, 0.1) is 6.42 Å². The van der Waals surface area contributed by atoms with E-state index in [2.05, 4.69) is 80.7 Å². The van der Waals surface area contributed by atoms with Crippen LogP contribution in [0.3, 0.4) is 0 Å². The molecule has 14 heavy (non-hydrogen) atoms. The zero-order chi connectivity index (χ0) is 9.97. The van der Waals surface area contributed by atoms with Crippen LogP contribution in [-0.4, -0.2) is 3.74 Å². The van der Waals surface area contributed by atoms with E-state index in [1.807, 2.05) is 0 Å².